The van der Waals surface area contributed by atoms with Crippen molar-refractivity contribution in [2.24, 2.45) is 0 Å². The summed E-state index contributed by atoms with van der Waals surface area (Å²) in [5.41, 5.74) is 1.41. The second-order valence-electron chi connectivity index (χ2n) is 6.95. The highest BCUT2D eigenvalue weighted by Gasteiger charge is 2.28. The van der Waals surface area contributed by atoms with E-state index in [-0.39, 0.29) is 17.9 Å². The predicted molar refractivity (Wildman–Crippen MR) is 102 cm³/mol. The number of hydrogen-bond donors (Lipinski definition) is 1. The number of fused-ring (bicyclic) bond motifs is 1. The van der Waals surface area contributed by atoms with E-state index in [0.29, 0.717) is 25.1 Å². The van der Waals surface area contributed by atoms with Crippen LogP contribution in [0.4, 0.5) is 5.69 Å². The molecule has 0 spiro atoms. The maximum atomic E-state index is 12.6. The number of carbonyl (C=O) groups excluding carboxylic acids is 2. The molecule has 8 nitrogen and oxygen atoms in total. The number of hydrogen-bond acceptors (Lipinski definition) is 5. The third kappa shape index (κ3) is 4.05. The fraction of sp³-hybridized carbons (Fsp3) is 0.421. The van der Waals surface area contributed by atoms with Gasteiger partial charge in [-0.1, -0.05) is 0 Å². The molecule has 1 atom stereocenters. The van der Waals surface area contributed by atoms with Gasteiger partial charge in [-0.25, -0.2) is 4.98 Å². The van der Waals surface area contributed by atoms with Gasteiger partial charge in [0.05, 0.1) is 24.7 Å². The molecule has 2 aromatic rings. The molecule has 1 aliphatic rings. The van der Waals surface area contributed by atoms with Gasteiger partial charge in [0.2, 0.25) is 5.91 Å². The summed E-state index contributed by atoms with van der Waals surface area (Å²) < 4.78 is 5.83. The van der Waals surface area contributed by atoms with Crippen LogP contribution in [0, 0.1) is 0 Å². The number of anilines is 1. The molecule has 1 aromatic carbocycles. The SMILES string of the molecule is CN(C)C(=O)c1ccc2c(c1)N(C)[C@H](CC(=O)N(C)Cc1ncc[nH]1)CO2. The van der Waals surface area contributed by atoms with Gasteiger partial charge < -0.3 is 24.4 Å². The summed E-state index contributed by atoms with van der Waals surface area (Å²) in [5, 5.41) is 0. The van der Waals surface area contributed by atoms with Crippen molar-refractivity contribution in [1.29, 1.82) is 0 Å². The second-order valence-corrected chi connectivity index (χ2v) is 6.95. The summed E-state index contributed by atoms with van der Waals surface area (Å²) in [5.74, 6) is 1.41. The molecule has 1 aromatic heterocycles. The van der Waals surface area contributed by atoms with Gasteiger partial charge >= 0.3 is 0 Å². The Morgan fingerprint density at radius 1 is 1.33 bits per heavy atom. The number of rotatable bonds is 5. The van der Waals surface area contributed by atoms with Crippen LogP contribution in [0.3, 0.4) is 0 Å². The van der Waals surface area contributed by atoms with E-state index in [1.807, 2.05) is 24.1 Å². The molecule has 8 heteroatoms. The summed E-state index contributed by atoms with van der Waals surface area (Å²) in [6.45, 7) is 0.853. The van der Waals surface area contributed by atoms with Crippen LogP contribution in [0.1, 0.15) is 22.6 Å². The minimum absolute atomic E-state index is 0.0100. The van der Waals surface area contributed by atoms with Gasteiger partial charge in [0, 0.05) is 46.1 Å². The lowest BCUT2D eigenvalue weighted by Gasteiger charge is -2.36. The van der Waals surface area contributed by atoms with E-state index in [4.69, 9.17) is 4.74 Å². The zero-order valence-corrected chi connectivity index (χ0v) is 16.1. The van der Waals surface area contributed by atoms with E-state index in [1.54, 1.807) is 44.5 Å². The third-order valence-electron chi connectivity index (χ3n) is 4.75. The number of benzene rings is 1. The van der Waals surface area contributed by atoms with Crippen molar-refractivity contribution < 1.29 is 14.3 Å². The molecule has 0 radical (unpaired) electrons. The van der Waals surface area contributed by atoms with Crippen LogP contribution in [0.15, 0.2) is 30.6 Å². The van der Waals surface area contributed by atoms with Crippen molar-refractivity contribution in [2.45, 2.75) is 19.0 Å². The van der Waals surface area contributed by atoms with Gasteiger partial charge in [0.15, 0.2) is 0 Å². The number of aromatic amines is 1. The van der Waals surface area contributed by atoms with Crippen molar-refractivity contribution in [3.05, 3.63) is 42.0 Å². The molecule has 1 N–H and O–H groups in total. The smallest absolute Gasteiger partial charge is 0.253 e. The number of nitrogens with zero attached hydrogens (tertiary/aromatic N) is 4. The van der Waals surface area contributed by atoms with Crippen molar-refractivity contribution in [1.82, 2.24) is 19.8 Å². The quantitative estimate of drug-likeness (QED) is 0.858. The number of imidazole rings is 1. The molecule has 2 amide bonds. The highest BCUT2D eigenvalue weighted by atomic mass is 16.5. The van der Waals surface area contributed by atoms with Gasteiger partial charge in [0.25, 0.3) is 5.91 Å². The Bertz CT molecular complexity index is 819. The van der Waals surface area contributed by atoms with E-state index in [2.05, 4.69) is 9.97 Å². The summed E-state index contributed by atoms with van der Waals surface area (Å²) in [4.78, 5) is 37.2. The van der Waals surface area contributed by atoms with Gasteiger partial charge in [0.1, 0.15) is 18.2 Å². The van der Waals surface area contributed by atoms with Crippen molar-refractivity contribution in [2.75, 3.05) is 39.7 Å². The molecule has 1 aliphatic heterocycles. The molecule has 0 fully saturated rings. The van der Waals surface area contributed by atoms with Crippen LogP contribution in [-0.2, 0) is 11.3 Å². The van der Waals surface area contributed by atoms with Crippen molar-refractivity contribution >= 4 is 17.5 Å². The first-order valence-corrected chi connectivity index (χ1v) is 8.80. The highest BCUT2D eigenvalue weighted by molar-refractivity contribution is 5.95. The lowest BCUT2D eigenvalue weighted by Crippen LogP contribution is -2.44. The number of nitrogens with one attached hydrogen (secondary N) is 1. The summed E-state index contributed by atoms with van der Waals surface area (Å²) in [6.07, 6.45) is 3.72. The fourth-order valence-corrected chi connectivity index (χ4v) is 3.05. The predicted octanol–water partition coefficient (Wildman–Crippen LogP) is 1.36. The first-order valence-electron chi connectivity index (χ1n) is 8.80. The Kier molecular flexibility index (Phi) is 5.34. The Morgan fingerprint density at radius 2 is 2.11 bits per heavy atom. The molecule has 2 heterocycles. The Balaban J connectivity index is 1.70. The van der Waals surface area contributed by atoms with Gasteiger partial charge in [-0.3, -0.25) is 9.59 Å². The van der Waals surface area contributed by atoms with E-state index >= 15 is 0 Å². The Morgan fingerprint density at radius 3 is 2.78 bits per heavy atom. The number of carbonyl (C=O) groups is 2. The molecule has 27 heavy (non-hydrogen) atoms. The second kappa shape index (κ2) is 7.69. The highest BCUT2D eigenvalue weighted by Crippen LogP contribution is 2.34. The Hall–Kier alpha value is -3.03. The third-order valence-corrected chi connectivity index (χ3v) is 4.75. The number of likely N-dealkylation sites (N-methyl/N-ethyl adjacent to an activating group) is 1. The standard InChI is InChI=1S/C19H25N5O3/c1-22(2)19(26)13-5-6-16-15(9-13)24(4)14(12-27-16)10-18(25)23(3)11-17-20-7-8-21-17/h5-9,14H,10-12H2,1-4H3,(H,20,21)/t14-/m1/s1. The van der Waals surface area contributed by atoms with E-state index in [9.17, 15) is 9.59 Å². The first-order chi connectivity index (χ1) is 12.9. The van der Waals surface area contributed by atoms with E-state index in [1.165, 1.54) is 4.90 Å². The largest absolute Gasteiger partial charge is 0.489 e. The molecule has 0 unspecified atom stereocenters. The number of ether oxygens (including phenoxy) is 1. The Labute approximate surface area is 158 Å². The summed E-state index contributed by atoms with van der Waals surface area (Å²) in [6, 6.07) is 5.29. The summed E-state index contributed by atoms with van der Waals surface area (Å²) >= 11 is 0. The zero-order valence-electron chi connectivity index (χ0n) is 16.1. The minimum atomic E-state index is -0.103. The lowest BCUT2D eigenvalue weighted by molar-refractivity contribution is -0.131. The fourth-order valence-electron chi connectivity index (χ4n) is 3.05. The van der Waals surface area contributed by atoms with Crippen LogP contribution in [0.25, 0.3) is 0 Å². The van der Waals surface area contributed by atoms with Crippen LogP contribution in [0.5, 0.6) is 5.75 Å². The number of amides is 2. The number of H-pyrrole nitrogens is 1. The van der Waals surface area contributed by atoms with E-state index in [0.717, 1.165) is 17.3 Å². The van der Waals surface area contributed by atoms with Crippen LogP contribution in [0.2, 0.25) is 0 Å². The molecular weight excluding hydrogens is 346 g/mol. The average molecular weight is 371 g/mol. The molecule has 0 saturated carbocycles. The minimum Gasteiger partial charge on any atom is -0.489 e. The van der Waals surface area contributed by atoms with Crippen molar-refractivity contribution in [3.63, 3.8) is 0 Å². The van der Waals surface area contributed by atoms with E-state index < -0.39 is 0 Å². The molecule has 0 aliphatic carbocycles. The molecule has 0 bridgehead atoms. The lowest BCUT2D eigenvalue weighted by atomic mass is 10.1. The summed E-state index contributed by atoms with van der Waals surface area (Å²) in [7, 11) is 7.13. The molecule has 3 rings (SSSR count). The van der Waals surface area contributed by atoms with Gasteiger partial charge in [-0.05, 0) is 18.2 Å². The van der Waals surface area contributed by atoms with Crippen LogP contribution in [-0.4, -0.2) is 72.4 Å². The average Bonchev–Trinajstić information content (AvgIpc) is 3.16. The maximum absolute atomic E-state index is 12.6. The van der Waals surface area contributed by atoms with Gasteiger partial charge in [-0.2, -0.15) is 0 Å². The van der Waals surface area contributed by atoms with Crippen molar-refractivity contribution in [3.8, 4) is 5.75 Å². The molecule has 144 valence electrons. The number of aromatic nitrogens is 2. The maximum Gasteiger partial charge on any atom is 0.253 e. The topological polar surface area (TPSA) is 81.8 Å². The van der Waals surface area contributed by atoms with Gasteiger partial charge in [-0.15, -0.1) is 0 Å². The molecule has 0 saturated heterocycles. The normalized spacial score (nSPS) is 15.7. The monoisotopic (exact) mass is 371 g/mol. The van der Waals surface area contributed by atoms with Crippen LogP contribution < -0.4 is 9.64 Å². The van der Waals surface area contributed by atoms with Crippen LogP contribution >= 0.6 is 0 Å². The first kappa shape index (κ1) is 18.8. The molecular formula is C19H25N5O3. The zero-order chi connectivity index (χ0) is 19.6.